The van der Waals surface area contributed by atoms with Gasteiger partial charge in [-0.15, -0.1) is 10.2 Å². The second-order valence-corrected chi connectivity index (χ2v) is 6.12. The van der Waals surface area contributed by atoms with Gasteiger partial charge in [-0.2, -0.15) is 0 Å². The van der Waals surface area contributed by atoms with Crippen LogP contribution in [0, 0.1) is 6.92 Å². The van der Waals surface area contributed by atoms with Crippen LogP contribution in [0.25, 0.3) is 0 Å². The molecule has 26 heavy (non-hydrogen) atoms. The van der Waals surface area contributed by atoms with E-state index in [1.54, 1.807) is 48.1 Å². The summed E-state index contributed by atoms with van der Waals surface area (Å²) in [5.74, 6) is 1.70. The molecule has 0 bridgehead atoms. The van der Waals surface area contributed by atoms with Gasteiger partial charge >= 0.3 is 0 Å². The molecule has 0 N–H and O–H groups in total. The molecule has 0 spiro atoms. The van der Waals surface area contributed by atoms with Gasteiger partial charge in [0, 0.05) is 51.5 Å². The van der Waals surface area contributed by atoms with E-state index >= 15 is 0 Å². The van der Waals surface area contributed by atoms with E-state index in [1.807, 2.05) is 0 Å². The minimum Gasteiger partial charge on any atom is -0.497 e. The van der Waals surface area contributed by atoms with Crippen molar-refractivity contribution in [3.8, 4) is 5.75 Å². The molecule has 1 aliphatic rings. The van der Waals surface area contributed by atoms with Gasteiger partial charge in [-0.25, -0.2) is 0 Å². The van der Waals surface area contributed by atoms with E-state index in [9.17, 15) is 9.59 Å². The maximum atomic E-state index is 12.5. The maximum Gasteiger partial charge on any atom is 0.253 e. The molecular formula is C18H22N4O4. The number of hydrogen-bond donors (Lipinski definition) is 0. The predicted octanol–water partition coefficient (Wildman–Crippen LogP) is 1.30. The number of aryl methyl sites for hydroxylation is 2. The van der Waals surface area contributed by atoms with Gasteiger partial charge in [0.15, 0.2) is 0 Å². The van der Waals surface area contributed by atoms with E-state index in [0.717, 1.165) is 0 Å². The third-order valence-electron chi connectivity index (χ3n) is 4.38. The van der Waals surface area contributed by atoms with Gasteiger partial charge in [-0.3, -0.25) is 9.59 Å². The van der Waals surface area contributed by atoms with Crippen LogP contribution in [0.1, 0.15) is 28.6 Å². The number of amides is 2. The zero-order valence-corrected chi connectivity index (χ0v) is 15.0. The predicted molar refractivity (Wildman–Crippen MR) is 92.8 cm³/mol. The first-order valence-corrected chi connectivity index (χ1v) is 8.57. The highest BCUT2D eigenvalue weighted by atomic mass is 16.5. The molecule has 2 aromatic rings. The molecular weight excluding hydrogens is 336 g/mol. The molecule has 1 saturated heterocycles. The van der Waals surface area contributed by atoms with Crippen molar-refractivity contribution in [1.82, 2.24) is 20.0 Å². The molecule has 0 radical (unpaired) electrons. The van der Waals surface area contributed by atoms with Crippen molar-refractivity contribution in [2.75, 3.05) is 33.3 Å². The Morgan fingerprint density at radius 2 is 1.73 bits per heavy atom. The van der Waals surface area contributed by atoms with E-state index in [4.69, 9.17) is 9.15 Å². The highest BCUT2D eigenvalue weighted by molar-refractivity contribution is 5.94. The Kier molecular flexibility index (Phi) is 5.50. The minimum atomic E-state index is -0.0268. The summed E-state index contributed by atoms with van der Waals surface area (Å²) >= 11 is 0. The third-order valence-corrected chi connectivity index (χ3v) is 4.38. The van der Waals surface area contributed by atoms with Crippen LogP contribution < -0.4 is 4.74 Å². The first-order valence-electron chi connectivity index (χ1n) is 8.57. The number of piperazine rings is 1. The Bertz CT molecular complexity index is 764. The van der Waals surface area contributed by atoms with Crippen molar-refractivity contribution in [1.29, 1.82) is 0 Å². The van der Waals surface area contributed by atoms with E-state index < -0.39 is 0 Å². The van der Waals surface area contributed by atoms with Gasteiger partial charge in [0.25, 0.3) is 5.91 Å². The topological polar surface area (TPSA) is 88.8 Å². The fourth-order valence-electron chi connectivity index (χ4n) is 2.89. The van der Waals surface area contributed by atoms with Gasteiger partial charge in [0.2, 0.25) is 17.7 Å². The molecule has 0 unspecified atom stereocenters. The zero-order chi connectivity index (χ0) is 18.5. The Balaban J connectivity index is 1.48. The third kappa shape index (κ3) is 4.19. The van der Waals surface area contributed by atoms with Crippen molar-refractivity contribution in [2.24, 2.45) is 0 Å². The molecule has 0 aliphatic carbocycles. The zero-order valence-electron chi connectivity index (χ0n) is 15.0. The lowest BCUT2D eigenvalue weighted by Gasteiger charge is -2.34. The number of carbonyl (C=O) groups excluding carboxylic acids is 2. The lowest BCUT2D eigenvalue weighted by molar-refractivity contribution is -0.132. The summed E-state index contributed by atoms with van der Waals surface area (Å²) in [4.78, 5) is 28.4. The standard InChI is InChI=1S/C18H22N4O4/c1-13-19-20-16(26-13)7-8-17(23)21-9-11-22(12-10-21)18(24)14-3-5-15(25-2)6-4-14/h3-6H,7-12H2,1-2H3. The second-order valence-electron chi connectivity index (χ2n) is 6.12. The number of nitrogens with zero attached hydrogens (tertiary/aromatic N) is 4. The van der Waals surface area contributed by atoms with Crippen LogP contribution in [0.5, 0.6) is 5.75 Å². The molecule has 1 aliphatic heterocycles. The maximum absolute atomic E-state index is 12.5. The van der Waals surface area contributed by atoms with E-state index in [-0.39, 0.29) is 11.8 Å². The van der Waals surface area contributed by atoms with Gasteiger partial charge in [-0.05, 0) is 24.3 Å². The molecule has 1 fully saturated rings. The monoisotopic (exact) mass is 358 g/mol. The molecule has 1 aromatic heterocycles. The Morgan fingerprint density at radius 3 is 2.31 bits per heavy atom. The minimum absolute atomic E-state index is 0.0268. The fourth-order valence-corrected chi connectivity index (χ4v) is 2.89. The number of aromatic nitrogens is 2. The number of carbonyl (C=O) groups is 2. The lowest BCUT2D eigenvalue weighted by Crippen LogP contribution is -2.50. The van der Waals surface area contributed by atoms with Crippen LogP contribution in [0.3, 0.4) is 0 Å². The van der Waals surface area contributed by atoms with E-state index in [1.165, 1.54) is 0 Å². The van der Waals surface area contributed by atoms with Crippen LogP contribution in [-0.4, -0.2) is 65.1 Å². The smallest absolute Gasteiger partial charge is 0.253 e. The number of hydrogen-bond acceptors (Lipinski definition) is 6. The van der Waals surface area contributed by atoms with Crippen molar-refractivity contribution < 1.29 is 18.7 Å². The Labute approximate surface area is 151 Å². The van der Waals surface area contributed by atoms with Crippen LogP contribution in [-0.2, 0) is 11.2 Å². The van der Waals surface area contributed by atoms with Gasteiger partial charge < -0.3 is 19.0 Å². The molecule has 138 valence electrons. The molecule has 1 aromatic carbocycles. The number of rotatable bonds is 5. The summed E-state index contributed by atoms with van der Waals surface area (Å²) < 4.78 is 10.4. The highest BCUT2D eigenvalue weighted by Gasteiger charge is 2.25. The summed E-state index contributed by atoms with van der Waals surface area (Å²) in [6.45, 7) is 3.83. The number of benzene rings is 1. The molecule has 2 heterocycles. The molecule has 2 amide bonds. The molecule has 0 saturated carbocycles. The van der Waals surface area contributed by atoms with Crippen LogP contribution >= 0.6 is 0 Å². The van der Waals surface area contributed by atoms with Crippen molar-refractivity contribution in [2.45, 2.75) is 19.8 Å². The summed E-state index contributed by atoms with van der Waals surface area (Å²) in [5, 5.41) is 7.65. The average Bonchev–Trinajstić information content (AvgIpc) is 3.11. The SMILES string of the molecule is COc1ccc(C(=O)N2CCN(C(=O)CCc3nnc(C)o3)CC2)cc1. The highest BCUT2D eigenvalue weighted by Crippen LogP contribution is 2.15. The summed E-state index contributed by atoms with van der Waals surface area (Å²) in [5.41, 5.74) is 0.623. The summed E-state index contributed by atoms with van der Waals surface area (Å²) in [6.07, 6.45) is 0.763. The fraction of sp³-hybridized carbons (Fsp3) is 0.444. The molecule has 0 atom stereocenters. The van der Waals surface area contributed by atoms with Crippen LogP contribution in [0.2, 0.25) is 0 Å². The normalized spacial score (nSPS) is 14.4. The Hall–Kier alpha value is -2.90. The van der Waals surface area contributed by atoms with Crippen molar-refractivity contribution in [3.05, 3.63) is 41.6 Å². The lowest BCUT2D eigenvalue weighted by atomic mass is 10.1. The van der Waals surface area contributed by atoms with Crippen molar-refractivity contribution >= 4 is 11.8 Å². The number of ether oxygens (including phenoxy) is 1. The second kappa shape index (κ2) is 7.99. The molecule has 8 heteroatoms. The number of methoxy groups -OCH3 is 1. The quantitative estimate of drug-likeness (QED) is 0.800. The largest absolute Gasteiger partial charge is 0.497 e. The van der Waals surface area contributed by atoms with Gasteiger partial charge in [-0.1, -0.05) is 0 Å². The Morgan fingerprint density at radius 1 is 1.08 bits per heavy atom. The van der Waals surface area contributed by atoms with E-state index in [0.29, 0.717) is 62.1 Å². The van der Waals surface area contributed by atoms with Crippen molar-refractivity contribution in [3.63, 3.8) is 0 Å². The average molecular weight is 358 g/mol. The van der Waals surface area contributed by atoms with E-state index in [2.05, 4.69) is 10.2 Å². The van der Waals surface area contributed by atoms with Crippen LogP contribution in [0.4, 0.5) is 0 Å². The summed E-state index contributed by atoms with van der Waals surface area (Å²) in [6, 6.07) is 7.05. The first kappa shape index (κ1) is 17.9. The molecule has 3 rings (SSSR count). The van der Waals surface area contributed by atoms with Gasteiger partial charge in [0.1, 0.15) is 5.75 Å². The first-order chi connectivity index (χ1) is 12.6. The molecule has 8 nitrogen and oxygen atoms in total. The van der Waals surface area contributed by atoms with Gasteiger partial charge in [0.05, 0.1) is 7.11 Å². The van der Waals surface area contributed by atoms with Crippen LogP contribution in [0.15, 0.2) is 28.7 Å². The summed E-state index contributed by atoms with van der Waals surface area (Å²) in [7, 11) is 1.59.